The van der Waals surface area contributed by atoms with Gasteiger partial charge >= 0.3 is 5.97 Å². The highest BCUT2D eigenvalue weighted by Crippen LogP contribution is 2.16. The van der Waals surface area contributed by atoms with Crippen LogP contribution in [0.5, 0.6) is 0 Å². The number of ether oxygens (including phenoxy) is 1. The standard InChI is InChI=1S/C12H9NO5/c14-6-8-2-1-7(5-13-8)12(17)18-11-9(15)3-4-10(11)16/h1-2,5-6,11H,3-4H2. The topological polar surface area (TPSA) is 90.4 Å². The van der Waals surface area contributed by atoms with Gasteiger partial charge in [0.25, 0.3) is 0 Å². The van der Waals surface area contributed by atoms with Gasteiger partial charge in [-0.05, 0) is 12.1 Å². The monoisotopic (exact) mass is 247 g/mol. The average molecular weight is 247 g/mol. The molecule has 92 valence electrons. The van der Waals surface area contributed by atoms with Crippen molar-refractivity contribution < 1.29 is 23.9 Å². The molecule has 18 heavy (non-hydrogen) atoms. The second-order valence-electron chi connectivity index (χ2n) is 3.81. The molecule has 1 saturated carbocycles. The lowest BCUT2D eigenvalue weighted by Crippen LogP contribution is -2.28. The third kappa shape index (κ3) is 2.32. The van der Waals surface area contributed by atoms with Gasteiger partial charge in [0.05, 0.1) is 5.56 Å². The molecule has 0 bridgehead atoms. The number of Topliss-reactive ketones (excluding diaryl/α,β-unsaturated/α-hetero) is 2. The molecule has 0 radical (unpaired) electrons. The number of esters is 1. The molecule has 6 nitrogen and oxygen atoms in total. The lowest BCUT2D eigenvalue weighted by Gasteiger charge is -2.08. The van der Waals surface area contributed by atoms with E-state index in [-0.39, 0.29) is 35.7 Å². The maximum absolute atomic E-state index is 11.6. The van der Waals surface area contributed by atoms with Crippen molar-refractivity contribution in [2.75, 3.05) is 0 Å². The summed E-state index contributed by atoms with van der Waals surface area (Å²) in [5.41, 5.74) is 0.271. The van der Waals surface area contributed by atoms with E-state index in [1.54, 1.807) is 0 Å². The maximum Gasteiger partial charge on any atom is 0.340 e. The van der Waals surface area contributed by atoms with Crippen LogP contribution in [0.15, 0.2) is 18.3 Å². The summed E-state index contributed by atoms with van der Waals surface area (Å²) in [6, 6.07) is 2.70. The van der Waals surface area contributed by atoms with Crippen molar-refractivity contribution in [3.63, 3.8) is 0 Å². The molecule has 0 unspecified atom stereocenters. The van der Waals surface area contributed by atoms with Crippen LogP contribution in [0.3, 0.4) is 0 Å². The van der Waals surface area contributed by atoms with Crippen LogP contribution in [0.25, 0.3) is 0 Å². The van der Waals surface area contributed by atoms with E-state index >= 15 is 0 Å². The fraction of sp³-hybridized carbons (Fsp3) is 0.250. The zero-order valence-corrected chi connectivity index (χ0v) is 9.29. The Kier molecular flexibility index (Phi) is 3.27. The van der Waals surface area contributed by atoms with Gasteiger partial charge in [-0.3, -0.25) is 19.4 Å². The van der Waals surface area contributed by atoms with Crippen LogP contribution in [-0.4, -0.2) is 34.9 Å². The van der Waals surface area contributed by atoms with Crippen molar-refractivity contribution in [1.82, 2.24) is 4.98 Å². The number of carbonyl (C=O) groups is 4. The Morgan fingerprint density at radius 1 is 1.28 bits per heavy atom. The first kappa shape index (κ1) is 12.1. The highest BCUT2D eigenvalue weighted by molar-refractivity contribution is 6.13. The van der Waals surface area contributed by atoms with Crippen LogP contribution in [0.1, 0.15) is 33.7 Å². The molecule has 0 aliphatic heterocycles. The molecule has 1 aliphatic carbocycles. The summed E-state index contributed by atoms with van der Waals surface area (Å²) in [7, 11) is 0. The Morgan fingerprint density at radius 2 is 1.94 bits per heavy atom. The highest BCUT2D eigenvalue weighted by Gasteiger charge is 2.36. The van der Waals surface area contributed by atoms with Crippen LogP contribution >= 0.6 is 0 Å². The van der Waals surface area contributed by atoms with E-state index in [1.807, 2.05) is 0 Å². The van der Waals surface area contributed by atoms with E-state index in [0.29, 0.717) is 6.29 Å². The number of aldehydes is 1. The second-order valence-corrected chi connectivity index (χ2v) is 3.81. The van der Waals surface area contributed by atoms with Gasteiger partial charge in [-0.15, -0.1) is 0 Å². The zero-order chi connectivity index (χ0) is 13.1. The predicted octanol–water partition coefficient (Wildman–Crippen LogP) is 0.351. The zero-order valence-electron chi connectivity index (χ0n) is 9.29. The largest absolute Gasteiger partial charge is 0.443 e. The molecule has 1 aromatic heterocycles. The molecule has 0 atom stereocenters. The van der Waals surface area contributed by atoms with Gasteiger partial charge in [-0.25, -0.2) is 4.79 Å². The molecule has 6 heteroatoms. The Bertz CT molecular complexity index is 504. The Hall–Kier alpha value is -2.37. The van der Waals surface area contributed by atoms with Gasteiger partial charge in [0, 0.05) is 19.0 Å². The second kappa shape index (κ2) is 4.87. The average Bonchev–Trinajstić information content (AvgIpc) is 2.70. The molecule has 0 amide bonds. The van der Waals surface area contributed by atoms with Gasteiger partial charge < -0.3 is 4.74 Å². The van der Waals surface area contributed by atoms with Crippen molar-refractivity contribution >= 4 is 23.8 Å². The normalized spacial score (nSPS) is 15.8. The van der Waals surface area contributed by atoms with Crippen LogP contribution < -0.4 is 0 Å². The number of aromatic nitrogens is 1. The number of hydrogen-bond acceptors (Lipinski definition) is 6. The van der Waals surface area contributed by atoms with Gasteiger partial charge in [0.2, 0.25) is 6.10 Å². The Balaban J connectivity index is 2.09. The first-order valence-corrected chi connectivity index (χ1v) is 5.29. The minimum absolute atomic E-state index is 0.0908. The van der Waals surface area contributed by atoms with Crippen molar-refractivity contribution in [3.05, 3.63) is 29.6 Å². The smallest absolute Gasteiger partial charge is 0.340 e. The van der Waals surface area contributed by atoms with E-state index in [9.17, 15) is 19.2 Å². The first-order valence-electron chi connectivity index (χ1n) is 5.29. The van der Waals surface area contributed by atoms with Gasteiger partial charge in [-0.2, -0.15) is 0 Å². The van der Waals surface area contributed by atoms with E-state index in [1.165, 1.54) is 12.1 Å². The lowest BCUT2D eigenvalue weighted by atomic mass is 10.2. The molecule has 0 N–H and O–H groups in total. The third-order valence-electron chi connectivity index (χ3n) is 2.57. The summed E-state index contributed by atoms with van der Waals surface area (Å²) in [5.74, 6) is -1.56. The lowest BCUT2D eigenvalue weighted by molar-refractivity contribution is -0.133. The predicted molar refractivity (Wildman–Crippen MR) is 58.1 cm³/mol. The number of carbonyl (C=O) groups excluding carboxylic acids is 4. The molecule has 1 aromatic rings. The van der Waals surface area contributed by atoms with Crippen LogP contribution in [0, 0.1) is 0 Å². The SMILES string of the molecule is O=Cc1ccc(C(=O)OC2C(=O)CCC2=O)cn1. The highest BCUT2D eigenvalue weighted by atomic mass is 16.6. The van der Waals surface area contributed by atoms with Crippen molar-refractivity contribution in [1.29, 1.82) is 0 Å². The van der Waals surface area contributed by atoms with Gasteiger partial charge in [0.15, 0.2) is 17.9 Å². The molecule has 0 spiro atoms. The molecule has 1 heterocycles. The van der Waals surface area contributed by atoms with Crippen molar-refractivity contribution in [2.45, 2.75) is 18.9 Å². The number of hydrogen-bond donors (Lipinski definition) is 0. The van der Waals surface area contributed by atoms with E-state index in [0.717, 1.165) is 6.20 Å². The molecular weight excluding hydrogens is 238 g/mol. The summed E-state index contributed by atoms with van der Waals surface area (Å²) in [6.45, 7) is 0. The molecule has 1 fully saturated rings. The quantitative estimate of drug-likeness (QED) is 0.435. The number of nitrogens with zero attached hydrogens (tertiary/aromatic N) is 1. The summed E-state index contributed by atoms with van der Waals surface area (Å²) in [4.78, 5) is 48.3. The summed E-state index contributed by atoms with van der Waals surface area (Å²) in [6.07, 6.45) is 0.635. The fourth-order valence-corrected chi connectivity index (χ4v) is 1.59. The minimum atomic E-state index is -1.29. The van der Waals surface area contributed by atoms with Crippen molar-refractivity contribution in [3.8, 4) is 0 Å². The molecule has 0 aromatic carbocycles. The molecule has 2 rings (SSSR count). The summed E-state index contributed by atoms with van der Waals surface area (Å²) >= 11 is 0. The van der Waals surface area contributed by atoms with Crippen LogP contribution in [0.2, 0.25) is 0 Å². The van der Waals surface area contributed by atoms with Crippen molar-refractivity contribution in [2.24, 2.45) is 0 Å². The van der Waals surface area contributed by atoms with Gasteiger partial charge in [-0.1, -0.05) is 0 Å². The Labute approximate surface area is 102 Å². The number of ketones is 2. The van der Waals surface area contributed by atoms with Gasteiger partial charge in [0.1, 0.15) is 5.69 Å². The molecular formula is C12H9NO5. The fourth-order valence-electron chi connectivity index (χ4n) is 1.59. The minimum Gasteiger partial charge on any atom is -0.443 e. The Morgan fingerprint density at radius 3 is 2.44 bits per heavy atom. The third-order valence-corrected chi connectivity index (χ3v) is 2.57. The molecule has 0 saturated heterocycles. The number of rotatable bonds is 3. The first-order chi connectivity index (χ1) is 8.61. The number of pyridine rings is 1. The summed E-state index contributed by atoms with van der Waals surface area (Å²) in [5, 5.41) is 0. The summed E-state index contributed by atoms with van der Waals surface area (Å²) < 4.78 is 4.83. The van der Waals surface area contributed by atoms with E-state index in [4.69, 9.17) is 4.74 Å². The van der Waals surface area contributed by atoms with Crippen LogP contribution in [-0.2, 0) is 14.3 Å². The van der Waals surface area contributed by atoms with Crippen LogP contribution in [0.4, 0.5) is 0 Å². The maximum atomic E-state index is 11.6. The van der Waals surface area contributed by atoms with E-state index < -0.39 is 12.1 Å². The van der Waals surface area contributed by atoms with E-state index in [2.05, 4.69) is 4.98 Å². The molecule has 1 aliphatic rings.